The van der Waals surface area contributed by atoms with E-state index in [0.717, 1.165) is 7.57 Å². The molecule has 4 nitrogen and oxygen atoms in total. The lowest BCUT2D eigenvalue weighted by Crippen LogP contribution is -2.13. The second kappa shape index (κ2) is 5.43. The van der Waals surface area contributed by atoms with Crippen LogP contribution in [0, 0.1) is 0 Å². The molecule has 2 aromatic heterocycles. The van der Waals surface area contributed by atoms with E-state index in [2.05, 4.69) is 47.1 Å². The normalized spacial score (nSPS) is 10.3. The zero-order valence-corrected chi connectivity index (χ0v) is 12.8. The molecule has 0 fully saturated rings. The van der Waals surface area contributed by atoms with E-state index in [-0.39, 0.29) is 16.9 Å². The maximum atomic E-state index is 11.9. The molecule has 0 bridgehead atoms. The number of thiophene rings is 1. The Morgan fingerprint density at radius 3 is 2.65 bits per heavy atom. The third-order valence-electron chi connectivity index (χ3n) is 1.79. The van der Waals surface area contributed by atoms with Crippen molar-refractivity contribution in [2.75, 3.05) is 5.32 Å². The van der Waals surface area contributed by atoms with E-state index in [4.69, 9.17) is 11.6 Å². The highest BCUT2D eigenvalue weighted by Gasteiger charge is 2.15. The number of nitrogens with zero attached hydrogens (tertiary/aromatic N) is 2. The molecule has 1 amide bonds. The van der Waals surface area contributed by atoms with Crippen LogP contribution in [0.5, 0.6) is 0 Å². The third kappa shape index (κ3) is 3.04. The minimum absolute atomic E-state index is 0.159. The van der Waals surface area contributed by atoms with Gasteiger partial charge in [0.1, 0.15) is 0 Å². The molecule has 2 aromatic rings. The number of carbonyl (C=O) groups is 1. The predicted molar refractivity (Wildman–Crippen MR) is 74.7 cm³/mol. The van der Waals surface area contributed by atoms with E-state index in [9.17, 15) is 4.79 Å². The molecule has 0 aliphatic carbocycles. The molecule has 0 saturated heterocycles. The summed E-state index contributed by atoms with van der Waals surface area (Å²) in [5.41, 5.74) is 0.517. The average molecular weight is 397 g/mol. The van der Waals surface area contributed by atoms with E-state index in [1.54, 1.807) is 6.07 Å². The molecule has 0 saturated carbocycles. The highest BCUT2D eigenvalue weighted by atomic mass is 79.9. The molecule has 0 spiro atoms. The maximum absolute atomic E-state index is 11.9. The van der Waals surface area contributed by atoms with Gasteiger partial charge >= 0.3 is 0 Å². The van der Waals surface area contributed by atoms with Gasteiger partial charge in [0.15, 0.2) is 11.0 Å². The van der Waals surface area contributed by atoms with E-state index < -0.39 is 0 Å². The first-order valence-corrected chi connectivity index (χ1v) is 7.08. The van der Waals surface area contributed by atoms with E-state index in [1.807, 2.05) is 0 Å². The van der Waals surface area contributed by atoms with Crippen LogP contribution < -0.4 is 5.32 Å². The monoisotopic (exact) mass is 395 g/mol. The van der Waals surface area contributed by atoms with Gasteiger partial charge in [-0.1, -0.05) is 11.6 Å². The number of amides is 1. The van der Waals surface area contributed by atoms with Crippen molar-refractivity contribution in [1.82, 2.24) is 9.97 Å². The van der Waals surface area contributed by atoms with Gasteiger partial charge in [0.2, 0.25) is 0 Å². The molecule has 0 atom stereocenters. The highest BCUT2D eigenvalue weighted by molar-refractivity contribution is 9.12. The summed E-state index contributed by atoms with van der Waals surface area (Å²) in [6.07, 6.45) is 2.91. The van der Waals surface area contributed by atoms with Crippen LogP contribution in [0.2, 0.25) is 5.15 Å². The molecule has 0 aromatic carbocycles. The van der Waals surface area contributed by atoms with E-state index >= 15 is 0 Å². The summed E-state index contributed by atoms with van der Waals surface area (Å²) in [5, 5.41) is 2.75. The van der Waals surface area contributed by atoms with Gasteiger partial charge in [-0.2, -0.15) is 0 Å². The number of nitrogens with one attached hydrogen (secondary N) is 1. The summed E-state index contributed by atoms with van der Waals surface area (Å²) in [6.45, 7) is 0. The molecule has 0 radical (unpaired) electrons. The molecule has 0 aliphatic heterocycles. The maximum Gasteiger partial charge on any atom is 0.258 e. The topological polar surface area (TPSA) is 54.9 Å². The molecular weight excluding hydrogens is 393 g/mol. The highest BCUT2D eigenvalue weighted by Crippen LogP contribution is 2.32. The van der Waals surface area contributed by atoms with Gasteiger partial charge in [-0.25, -0.2) is 9.97 Å². The minimum atomic E-state index is -0.291. The number of halogens is 3. The Bertz CT molecular complexity index is 575. The van der Waals surface area contributed by atoms with Crippen molar-refractivity contribution in [3.8, 4) is 0 Å². The van der Waals surface area contributed by atoms with Crippen LogP contribution in [-0.4, -0.2) is 15.9 Å². The first kappa shape index (κ1) is 12.9. The number of carbonyl (C=O) groups excluding carboxylic acids is 1. The largest absolute Gasteiger partial charge is 0.304 e. The van der Waals surface area contributed by atoms with Gasteiger partial charge in [-0.05, 0) is 37.9 Å². The van der Waals surface area contributed by atoms with Gasteiger partial charge in [0.25, 0.3) is 5.91 Å². The fourth-order valence-electron chi connectivity index (χ4n) is 1.07. The molecule has 8 heteroatoms. The van der Waals surface area contributed by atoms with Crippen molar-refractivity contribution < 1.29 is 4.79 Å². The molecule has 2 rings (SSSR count). The molecular formula is C9H4Br2ClN3OS. The van der Waals surface area contributed by atoms with Gasteiger partial charge in [0.05, 0.1) is 13.1 Å². The molecule has 0 unspecified atom stereocenters. The van der Waals surface area contributed by atoms with Crippen molar-refractivity contribution in [2.45, 2.75) is 0 Å². The molecule has 1 N–H and O–H groups in total. The number of hydrogen-bond donors (Lipinski definition) is 1. The van der Waals surface area contributed by atoms with Crippen LogP contribution in [-0.2, 0) is 0 Å². The van der Waals surface area contributed by atoms with Gasteiger partial charge in [-0.3, -0.25) is 4.79 Å². The summed E-state index contributed by atoms with van der Waals surface area (Å²) in [4.78, 5) is 19.7. The second-order valence-corrected chi connectivity index (χ2v) is 7.00. The molecule has 88 valence electrons. The number of hydrogen-bond acceptors (Lipinski definition) is 4. The standard InChI is InChI=1S/C9H4Br2ClN3OS/c10-5-3-4(6(11)17-5)9(16)15-8-7(12)13-1-2-14-8/h1-3H,(H,14,15,16). The SMILES string of the molecule is O=C(Nc1nccnc1Cl)c1cc(Br)sc1Br. The zero-order chi connectivity index (χ0) is 12.4. The summed E-state index contributed by atoms with van der Waals surface area (Å²) >= 11 is 13.8. The Hall–Kier alpha value is -0.500. The fraction of sp³-hybridized carbons (Fsp3) is 0. The Morgan fingerprint density at radius 2 is 2.06 bits per heavy atom. The summed E-state index contributed by atoms with van der Waals surface area (Å²) in [6, 6.07) is 1.72. The number of rotatable bonds is 2. The van der Waals surface area contributed by atoms with Crippen LogP contribution in [0.25, 0.3) is 0 Å². The minimum Gasteiger partial charge on any atom is -0.304 e. The van der Waals surface area contributed by atoms with Crippen LogP contribution >= 0.6 is 54.8 Å². The van der Waals surface area contributed by atoms with Crippen molar-refractivity contribution >= 4 is 66.5 Å². The lowest BCUT2D eigenvalue weighted by atomic mass is 10.3. The van der Waals surface area contributed by atoms with Gasteiger partial charge in [0, 0.05) is 12.4 Å². The van der Waals surface area contributed by atoms with Crippen molar-refractivity contribution in [1.29, 1.82) is 0 Å². The van der Waals surface area contributed by atoms with Crippen LogP contribution in [0.1, 0.15) is 10.4 Å². The Labute approximate surface area is 123 Å². The lowest BCUT2D eigenvalue weighted by Gasteiger charge is -2.03. The number of aromatic nitrogens is 2. The lowest BCUT2D eigenvalue weighted by molar-refractivity contribution is 0.102. The third-order valence-corrected chi connectivity index (χ3v) is 4.40. The molecule has 17 heavy (non-hydrogen) atoms. The van der Waals surface area contributed by atoms with Crippen LogP contribution in [0.4, 0.5) is 5.82 Å². The van der Waals surface area contributed by atoms with Gasteiger partial charge < -0.3 is 5.32 Å². The van der Waals surface area contributed by atoms with E-state index in [1.165, 1.54) is 23.7 Å². The smallest absolute Gasteiger partial charge is 0.258 e. The Morgan fingerprint density at radius 1 is 1.35 bits per heavy atom. The van der Waals surface area contributed by atoms with Crippen LogP contribution in [0.3, 0.4) is 0 Å². The summed E-state index contributed by atoms with van der Waals surface area (Å²) in [5.74, 6) is -0.0467. The Balaban J connectivity index is 2.23. The fourth-order valence-corrected chi connectivity index (χ4v) is 4.02. The molecule has 2 heterocycles. The zero-order valence-electron chi connectivity index (χ0n) is 8.08. The van der Waals surface area contributed by atoms with E-state index in [0.29, 0.717) is 5.56 Å². The van der Waals surface area contributed by atoms with Crippen molar-refractivity contribution in [3.05, 3.63) is 36.7 Å². The molecule has 0 aliphatic rings. The first-order valence-electron chi connectivity index (χ1n) is 4.30. The van der Waals surface area contributed by atoms with Crippen molar-refractivity contribution in [3.63, 3.8) is 0 Å². The average Bonchev–Trinajstić information content (AvgIpc) is 2.61. The second-order valence-electron chi connectivity index (χ2n) is 2.89. The van der Waals surface area contributed by atoms with Crippen LogP contribution in [0.15, 0.2) is 26.0 Å². The predicted octanol–water partition coefficient (Wildman–Crippen LogP) is 3.97. The summed E-state index contributed by atoms with van der Waals surface area (Å²) in [7, 11) is 0. The summed E-state index contributed by atoms with van der Waals surface area (Å²) < 4.78 is 1.60. The Kier molecular flexibility index (Phi) is 4.13. The quantitative estimate of drug-likeness (QED) is 0.834. The van der Waals surface area contributed by atoms with Crippen molar-refractivity contribution in [2.24, 2.45) is 0 Å². The van der Waals surface area contributed by atoms with Gasteiger partial charge in [-0.15, -0.1) is 11.3 Å². The first-order chi connectivity index (χ1) is 8.08. The number of anilines is 1.